The summed E-state index contributed by atoms with van der Waals surface area (Å²) < 4.78 is 15.2. The van der Waals surface area contributed by atoms with Crippen LogP contribution in [0.25, 0.3) is 10.8 Å². The van der Waals surface area contributed by atoms with Crippen LogP contribution in [0.3, 0.4) is 0 Å². The largest absolute Gasteiger partial charge is 0.496 e. The lowest BCUT2D eigenvalue weighted by molar-refractivity contribution is -0.142. The highest BCUT2D eigenvalue weighted by atomic mass is 32.1. The molecule has 0 saturated carbocycles. The summed E-state index contributed by atoms with van der Waals surface area (Å²) >= 11 is 1.41. The van der Waals surface area contributed by atoms with Crippen molar-refractivity contribution in [3.8, 4) is 16.5 Å². The summed E-state index contributed by atoms with van der Waals surface area (Å²) in [4.78, 5) is 11.0. The third-order valence-corrected chi connectivity index (χ3v) is 2.84. The highest BCUT2D eigenvalue weighted by molar-refractivity contribution is 7.13. The number of thiophene rings is 1. The molecule has 0 spiro atoms. The highest BCUT2D eigenvalue weighted by Crippen LogP contribution is 2.29. The molecule has 0 aliphatic carbocycles. The highest BCUT2D eigenvalue weighted by Gasteiger charge is 2.11. The fourth-order valence-corrected chi connectivity index (χ4v) is 1.95. The third kappa shape index (κ3) is 3.05. The summed E-state index contributed by atoms with van der Waals surface area (Å²) in [7, 11) is 1.57. The van der Waals surface area contributed by atoms with Crippen LogP contribution < -0.4 is 4.74 Å². The molecule has 0 aliphatic heterocycles. The first-order chi connectivity index (χ1) is 8.69. The monoisotopic (exact) mass is 270 g/mol. The van der Waals surface area contributed by atoms with Crippen LogP contribution in [-0.4, -0.2) is 35.0 Å². The van der Waals surface area contributed by atoms with E-state index < -0.39 is 12.6 Å². The maximum Gasteiger partial charge on any atom is 0.329 e. The molecule has 7 nitrogen and oxygen atoms in total. The van der Waals surface area contributed by atoms with E-state index >= 15 is 0 Å². The van der Waals surface area contributed by atoms with Crippen LogP contribution in [0.15, 0.2) is 15.9 Å². The third-order valence-electron chi connectivity index (χ3n) is 1.94. The molecule has 2 aromatic heterocycles. The molecule has 0 atom stereocenters. The number of hydrogen-bond acceptors (Lipinski definition) is 7. The van der Waals surface area contributed by atoms with Crippen molar-refractivity contribution in [3.63, 3.8) is 0 Å². The molecule has 0 aromatic carbocycles. The SMILES string of the molecule is COc1csc(-c2nnc(COCC(=O)O)o2)c1. The van der Waals surface area contributed by atoms with Gasteiger partial charge in [0.2, 0.25) is 5.89 Å². The molecule has 0 aliphatic rings. The van der Waals surface area contributed by atoms with Crippen LogP contribution in [0.2, 0.25) is 0 Å². The molecule has 1 N–H and O–H groups in total. The van der Waals surface area contributed by atoms with E-state index in [0.29, 0.717) is 5.89 Å². The van der Waals surface area contributed by atoms with Gasteiger partial charge < -0.3 is 19.0 Å². The number of nitrogens with zero attached hydrogens (tertiary/aromatic N) is 2. The second-order valence-electron chi connectivity index (χ2n) is 3.24. The maximum absolute atomic E-state index is 10.2. The Kier molecular flexibility index (Phi) is 3.90. The molecule has 18 heavy (non-hydrogen) atoms. The van der Waals surface area contributed by atoms with Crippen molar-refractivity contribution in [2.75, 3.05) is 13.7 Å². The number of aromatic nitrogens is 2. The zero-order valence-corrected chi connectivity index (χ0v) is 10.3. The van der Waals surface area contributed by atoms with Gasteiger partial charge in [-0.25, -0.2) is 4.79 Å². The average Bonchev–Trinajstić information content (AvgIpc) is 2.95. The maximum atomic E-state index is 10.2. The minimum Gasteiger partial charge on any atom is -0.496 e. The van der Waals surface area contributed by atoms with Gasteiger partial charge in [0.25, 0.3) is 5.89 Å². The van der Waals surface area contributed by atoms with Crippen molar-refractivity contribution in [1.82, 2.24) is 10.2 Å². The van der Waals surface area contributed by atoms with Crippen molar-refractivity contribution in [3.05, 3.63) is 17.3 Å². The summed E-state index contributed by atoms with van der Waals surface area (Å²) in [6.45, 7) is -0.424. The number of methoxy groups -OCH3 is 1. The number of aliphatic carboxylic acids is 1. The van der Waals surface area contributed by atoms with Gasteiger partial charge in [-0.1, -0.05) is 0 Å². The summed E-state index contributed by atoms with van der Waals surface area (Å²) in [6.07, 6.45) is 0. The molecular formula is C10H10N2O5S. The van der Waals surface area contributed by atoms with Gasteiger partial charge in [-0.3, -0.25) is 0 Å². The van der Waals surface area contributed by atoms with E-state index in [9.17, 15) is 4.79 Å². The average molecular weight is 270 g/mol. The molecule has 0 saturated heterocycles. The normalized spacial score (nSPS) is 10.5. The van der Waals surface area contributed by atoms with Crippen LogP contribution in [0.4, 0.5) is 0 Å². The van der Waals surface area contributed by atoms with Crippen LogP contribution in [0.5, 0.6) is 5.75 Å². The molecule has 8 heteroatoms. The van der Waals surface area contributed by atoms with E-state index in [4.69, 9.17) is 19.0 Å². The van der Waals surface area contributed by atoms with Crippen molar-refractivity contribution in [2.45, 2.75) is 6.61 Å². The van der Waals surface area contributed by atoms with E-state index in [1.54, 1.807) is 13.2 Å². The zero-order chi connectivity index (χ0) is 13.0. The summed E-state index contributed by atoms with van der Waals surface area (Å²) in [6, 6.07) is 1.78. The van der Waals surface area contributed by atoms with Crippen LogP contribution in [0.1, 0.15) is 5.89 Å². The Balaban J connectivity index is 1.99. The quantitative estimate of drug-likeness (QED) is 0.847. The topological polar surface area (TPSA) is 94.7 Å². The Bertz CT molecular complexity index is 536. The number of ether oxygens (including phenoxy) is 2. The van der Waals surface area contributed by atoms with Gasteiger partial charge in [-0.2, -0.15) is 0 Å². The van der Waals surface area contributed by atoms with Gasteiger partial charge in [0.05, 0.1) is 12.0 Å². The Hall–Kier alpha value is -1.93. The van der Waals surface area contributed by atoms with Gasteiger partial charge in [0.1, 0.15) is 19.0 Å². The van der Waals surface area contributed by atoms with Gasteiger partial charge in [-0.05, 0) is 0 Å². The molecule has 0 fully saturated rings. The van der Waals surface area contributed by atoms with Crippen molar-refractivity contribution < 1.29 is 23.8 Å². The lowest BCUT2D eigenvalue weighted by Gasteiger charge is -1.94. The van der Waals surface area contributed by atoms with Gasteiger partial charge in [0.15, 0.2) is 0 Å². The van der Waals surface area contributed by atoms with Crippen LogP contribution >= 0.6 is 11.3 Å². The molecule has 2 heterocycles. The van der Waals surface area contributed by atoms with Gasteiger partial charge >= 0.3 is 5.97 Å². The van der Waals surface area contributed by atoms with Crippen molar-refractivity contribution in [2.24, 2.45) is 0 Å². The minimum atomic E-state index is -1.04. The van der Waals surface area contributed by atoms with Crippen LogP contribution in [-0.2, 0) is 16.1 Å². The van der Waals surface area contributed by atoms with E-state index in [2.05, 4.69) is 10.2 Å². The number of carboxylic acids is 1. The molecule has 2 aromatic rings. The second-order valence-corrected chi connectivity index (χ2v) is 4.15. The predicted molar refractivity (Wildman–Crippen MR) is 61.5 cm³/mol. The summed E-state index contributed by atoms with van der Waals surface area (Å²) in [5, 5.41) is 17.8. The molecule has 96 valence electrons. The Morgan fingerprint density at radius 2 is 2.39 bits per heavy atom. The lowest BCUT2D eigenvalue weighted by atomic mass is 10.4. The first kappa shape index (κ1) is 12.5. The summed E-state index contributed by atoms with van der Waals surface area (Å²) in [5.74, 6) is 0.269. The van der Waals surface area contributed by atoms with Gasteiger partial charge in [0, 0.05) is 11.4 Å². The first-order valence-electron chi connectivity index (χ1n) is 4.94. The lowest BCUT2D eigenvalue weighted by Crippen LogP contribution is -2.06. The number of carbonyl (C=O) groups is 1. The van der Waals surface area contributed by atoms with E-state index in [-0.39, 0.29) is 12.5 Å². The molecular weight excluding hydrogens is 260 g/mol. The van der Waals surface area contributed by atoms with Crippen molar-refractivity contribution >= 4 is 17.3 Å². The predicted octanol–water partition coefficient (Wildman–Crippen LogP) is 1.41. The Morgan fingerprint density at radius 1 is 1.56 bits per heavy atom. The van der Waals surface area contributed by atoms with Crippen molar-refractivity contribution in [1.29, 1.82) is 0 Å². The zero-order valence-electron chi connectivity index (χ0n) is 9.45. The molecule has 0 bridgehead atoms. The smallest absolute Gasteiger partial charge is 0.329 e. The number of rotatable bonds is 6. The molecule has 0 radical (unpaired) electrons. The summed E-state index contributed by atoms with van der Waals surface area (Å²) in [5.41, 5.74) is 0. The van der Waals surface area contributed by atoms with Crippen LogP contribution in [0, 0.1) is 0 Å². The Morgan fingerprint density at radius 3 is 3.06 bits per heavy atom. The van der Waals surface area contributed by atoms with E-state index in [1.165, 1.54) is 11.3 Å². The van der Waals surface area contributed by atoms with Gasteiger partial charge in [-0.15, -0.1) is 21.5 Å². The second kappa shape index (κ2) is 5.61. The standard InChI is InChI=1S/C10H10N2O5S/c1-15-6-2-7(18-5-6)10-12-11-8(17-10)3-16-4-9(13)14/h2,5H,3-4H2,1H3,(H,13,14). The molecule has 0 unspecified atom stereocenters. The van der Waals surface area contributed by atoms with E-state index in [1.807, 2.05) is 5.38 Å². The number of carboxylic acid groups (broad SMARTS) is 1. The fraction of sp³-hybridized carbons (Fsp3) is 0.300. The fourth-order valence-electron chi connectivity index (χ4n) is 1.18. The molecule has 0 amide bonds. The molecule has 2 rings (SSSR count). The van der Waals surface area contributed by atoms with E-state index in [0.717, 1.165) is 10.6 Å². The number of hydrogen-bond donors (Lipinski definition) is 1. The Labute approximate surface area is 106 Å². The minimum absolute atomic E-state index is 0.0260. The first-order valence-corrected chi connectivity index (χ1v) is 5.82.